The smallest absolute Gasteiger partial charge is 0.0584 e. The Balaban J connectivity index is 1.94. The van der Waals surface area contributed by atoms with Crippen LogP contribution >= 0.6 is 0 Å². The van der Waals surface area contributed by atoms with Crippen molar-refractivity contribution in [3.8, 4) is 0 Å². The van der Waals surface area contributed by atoms with Crippen LogP contribution in [0.2, 0.25) is 0 Å². The van der Waals surface area contributed by atoms with Gasteiger partial charge in [-0.1, -0.05) is 18.2 Å². The number of likely N-dealkylation sites (tertiary alicyclic amines) is 1. The first kappa shape index (κ1) is 13.6. The Bertz CT molecular complexity index is 389. The van der Waals surface area contributed by atoms with Crippen LogP contribution in [0.5, 0.6) is 0 Å². The Morgan fingerprint density at radius 2 is 2.00 bits per heavy atom. The van der Waals surface area contributed by atoms with E-state index in [0.717, 1.165) is 13.1 Å². The lowest BCUT2D eigenvalue weighted by Gasteiger charge is -2.20. The highest BCUT2D eigenvalue weighted by molar-refractivity contribution is 5.29. The molecule has 0 N–H and O–H groups in total. The maximum absolute atomic E-state index is 5.48. The maximum Gasteiger partial charge on any atom is 0.0584 e. The zero-order chi connectivity index (χ0) is 13.0. The van der Waals surface area contributed by atoms with Gasteiger partial charge in [0.05, 0.1) is 6.10 Å². The summed E-state index contributed by atoms with van der Waals surface area (Å²) in [4.78, 5) is 2.56. The quantitative estimate of drug-likeness (QED) is 0.812. The molecule has 1 atom stereocenters. The average Bonchev–Trinajstić information content (AvgIpc) is 2.59. The van der Waals surface area contributed by atoms with E-state index in [2.05, 4.69) is 36.9 Å². The normalized spacial score (nSPS) is 21.8. The summed E-state index contributed by atoms with van der Waals surface area (Å²) in [6.07, 6.45) is 4.10. The summed E-state index contributed by atoms with van der Waals surface area (Å²) in [5.74, 6) is 0. The summed E-state index contributed by atoms with van der Waals surface area (Å²) in [6.45, 7) is 7.81. The van der Waals surface area contributed by atoms with E-state index < -0.39 is 0 Å². The van der Waals surface area contributed by atoms with Crippen LogP contribution in [0, 0.1) is 13.8 Å². The maximum atomic E-state index is 5.48. The number of ether oxygens (including phenoxy) is 1. The first-order valence-electron chi connectivity index (χ1n) is 7.00. The van der Waals surface area contributed by atoms with Gasteiger partial charge in [-0.25, -0.2) is 0 Å². The van der Waals surface area contributed by atoms with E-state index in [0.29, 0.717) is 6.10 Å². The van der Waals surface area contributed by atoms with E-state index in [1.165, 1.54) is 42.5 Å². The average molecular weight is 247 g/mol. The van der Waals surface area contributed by atoms with Gasteiger partial charge in [-0.05, 0) is 56.3 Å². The molecular formula is C16H25NO. The molecule has 1 aromatic carbocycles. The minimum atomic E-state index is 0.467. The third-order valence-electron chi connectivity index (χ3n) is 4.08. The molecule has 1 aliphatic heterocycles. The van der Waals surface area contributed by atoms with Crippen LogP contribution in [0.25, 0.3) is 0 Å². The number of hydrogen-bond acceptors (Lipinski definition) is 2. The molecule has 0 spiro atoms. The van der Waals surface area contributed by atoms with Gasteiger partial charge in [-0.15, -0.1) is 0 Å². The molecule has 1 heterocycles. The van der Waals surface area contributed by atoms with Crippen LogP contribution < -0.4 is 0 Å². The summed E-state index contributed by atoms with van der Waals surface area (Å²) >= 11 is 0. The van der Waals surface area contributed by atoms with Gasteiger partial charge in [0, 0.05) is 20.2 Å². The van der Waals surface area contributed by atoms with Crippen LogP contribution in [0.3, 0.4) is 0 Å². The number of aryl methyl sites for hydroxylation is 2. The number of hydrogen-bond donors (Lipinski definition) is 0. The Labute approximate surface area is 111 Å². The minimum absolute atomic E-state index is 0.467. The molecule has 1 saturated heterocycles. The van der Waals surface area contributed by atoms with Gasteiger partial charge < -0.3 is 4.74 Å². The molecule has 2 nitrogen and oxygen atoms in total. The lowest BCUT2D eigenvalue weighted by atomic mass is 10.1. The first-order chi connectivity index (χ1) is 8.69. The summed E-state index contributed by atoms with van der Waals surface area (Å²) in [5, 5.41) is 0. The molecule has 1 aromatic rings. The van der Waals surface area contributed by atoms with Gasteiger partial charge in [-0.2, -0.15) is 0 Å². The zero-order valence-corrected chi connectivity index (χ0v) is 11.9. The van der Waals surface area contributed by atoms with Crippen molar-refractivity contribution in [2.24, 2.45) is 0 Å². The van der Waals surface area contributed by atoms with E-state index in [1.54, 1.807) is 0 Å². The highest BCUT2D eigenvalue weighted by atomic mass is 16.5. The topological polar surface area (TPSA) is 12.5 Å². The number of rotatable bonds is 3. The van der Waals surface area contributed by atoms with E-state index in [4.69, 9.17) is 4.74 Å². The fraction of sp³-hybridized carbons (Fsp3) is 0.625. The molecule has 0 saturated carbocycles. The van der Waals surface area contributed by atoms with Gasteiger partial charge in [0.15, 0.2) is 0 Å². The lowest BCUT2D eigenvalue weighted by molar-refractivity contribution is 0.0895. The van der Waals surface area contributed by atoms with Gasteiger partial charge in [0.2, 0.25) is 0 Å². The second-order valence-corrected chi connectivity index (χ2v) is 5.48. The molecule has 0 radical (unpaired) electrons. The fourth-order valence-corrected chi connectivity index (χ4v) is 2.68. The molecule has 18 heavy (non-hydrogen) atoms. The Kier molecular flexibility index (Phi) is 4.79. The predicted octanol–water partition coefficient (Wildman–Crippen LogP) is 3.30. The molecule has 1 fully saturated rings. The van der Waals surface area contributed by atoms with Crippen molar-refractivity contribution in [2.45, 2.75) is 45.8 Å². The molecule has 1 aliphatic rings. The van der Waals surface area contributed by atoms with E-state index in [9.17, 15) is 0 Å². The lowest BCUT2D eigenvalue weighted by Crippen LogP contribution is -2.24. The minimum Gasteiger partial charge on any atom is -0.381 e. The van der Waals surface area contributed by atoms with Crippen LogP contribution in [0.4, 0.5) is 0 Å². The second-order valence-electron chi connectivity index (χ2n) is 5.48. The monoisotopic (exact) mass is 247 g/mol. The Morgan fingerprint density at radius 3 is 2.72 bits per heavy atom. The molecule has 100 valence electrons. The van der Waals surface area contributed by atoms with E-state index >= 15 is 0 Å². The number of nitrogens with zero attached hydrogens (tertiary/aromatic N) is 1. The molecular weight excluding hydrogens is 222 g/mol. The van der Waals surface area contributed by atoms with Crippen molar-refractivity contribution in [1.82, 2.24) is 4.90 Å². The van der Waals surface area contributed by atoms with Crippen molar-refractivity contribution in [3.05, 3.63) is 34.9 Å². The molecule has 0 amide bonds. The number of benzene rings is 1. The zero-order valence-electron chi connectivity index (χ0n) is 11.9. The van der Waals surface area contributed by atoms with Crippen molar-refractivity contribution < 1.29 is 4.74 Å². The van der Waals surface area contributed by atoms with Crippen molar-refractivity contribution >= 4 is 0 Å². The number of methoxy groups -OCH3 is 1. The highest BCUT2D eigenvalue weighted by Crippen LogP contribution is 2.17. The summed E-state index contributed by atoms with van der Waals surface area (Å²) in [5.41, 5.74) is 4.22. The second kappa shape index (κ2) is 6.35. The van der Waals surface area contributed by atoms with E-state index in [1.807, 2.05) is 7.11 Å². The van der Waals surface area contributed by atoms with Gasteiger partial charge in [0.1, 0.15) is 0 Å². The third-order valence-corrected chi connectivity index (χ3v) is 4.08. The van der Waals surface area contributed by atoms with E-state index in [-0.39, 0.29) is 0 Å². The first-order valence-corrected chi connectivity index (χ1v) is 7.00. The molecule has 0 aliphatic carbocycles. The van der Waals surface area contributed by atoms with Gasteiger partial charge >= 0.3 is 0 Å². The Morgan fingerprint density at radius 1 is 1.17 bits per heavy atom. The fourth-order valence-electron chi connectivity index (χ4n) is 2.68. The highest BCUT2D eigenvalue weighted by Gasteiger charge is 2.16. The van der Waals surface area contributed by atoms with Crippen LogP contribution in [-0.4, -0.2) is 31.2 Å². The third kappa shape index (κ3) is 3.56. The SMILES string of the molecule is COC1CCCN(Cc2ccc(C)c(C)c2)CC1. The van der Waals surface area contributed by atoms with Crippen LogP contribution in [0.15, 0.2) is 18.2 Å². The molecule has 0 bridgehead atoms. The van der Waals surface area contributed by atoms with Gasteiger partial charge in [-0.3, -0.25) is 4.90 Å². The summed E-state index contributed by atoms with van der Waals surface area (Å²) in [7, 11) is 1.84. The van der Waals surface area contributed by atoms with Crippen molar-refractivity contribution in [1.29, 1.82) is 0 Å². The van der Waals surface area contributed by atoms with Gasteiger partial charge in [0.25, 0.3) is 0 Å². The molecule has 2 rings (SSSR count). The molecule has 2 heteroatoms. The van der Waals surface area contributed by atoms with Crippen LogP contribution in [0.1, 0.15) is 36.0 Å². The van der Waals surface area contributed by atoms with Crippen LogP contribution in [-0.2, 0) is 11.3 Å². The van der Waals surface area contributed by atoms with Crippen molar-refractivity contribution in [2.75, 3.05) is 20.2 Å². The largest absolute Gasteiger partial charge is 0.381 e. The predicted molar refractivity (Wildman–Crippen MR) is 75.8 cm³/mol. The Hall–Kier alpha value is -0.860. The van der Waals surface area contributed by atoms with Crippen molar-refractivity contribution in [3.63, 3.8) is 0 Å². The summed E-state index contributed by atoms with van der Waals surface area (Å²) in [6, 6.07) is 6.83. The standard InChI is InChI=1S/C16H25NO/c1-13-6-7-15(11-14(13)2)12-17-9-4-5-16(18-3)8-10-17/h6-7,11,16H,4-5,8-10,12H2,1-3H3. The molecule has 0 aromatic heterocycles. The molecule has 1 unspecified atom stereocenters. The summed E-state index contributed by atoms with van der Waals surface area (Å²) < 4.78 is 5.48.